The summed E-state index contributed by atoms with van der Waals surface area (Å²) in [5, 5.41) is 8.58. The molecular formula is C13H21ClO2Si. The Morgan fingerprint density at radius 3 is 2.06 bits per heavy atom. The van der Waals surface area contributed by atoms with Gasteiger partial charge in [-0.2, -0.15) is 0 Å². The zero-order valence-corrected chi connectivity index (χ0v) is 12.7. The topological polar surface area (TPSA) is 37.3 Å². The number of alkyl halides is 1. The summed E-state index contributed by atoms with van der Waals surface area (Å²) in [4.78, 5) is 10.4. The number of carboxylic acids is 1. The number of halogens is 1. The van der Waals surface area contributed by atoms with E-state index in [4.69, 9.17) is 16.7 Å². The van der Waals surface area contributed by atoms with Crippen molar-refractivity contribution in [3.63, 3.8) is 0 Å². The molecule has 1 aromatic rings. The first-order valence-electron chi connectivity index (χ1n) is 6.03. The Kier molecular flexibility index (Phi) is 9.87. The summed E-state index contributed by atoms with van der Waals surface area (Å²) in [6.07, 6.45) is 0.779. The molecule has 0 bridgehead atoms. The van der Waals surface area contributed by atoms with Crippen LogP contribution < -0.4 is 0 Å². The van der Waals surface area contributed by atoms with E-state index in [9.17, 15) is 4.79 Å². The third kappa shape index (κ3) is 7.99. The summed E-state index contributed by atoms with van der Waals surface area (Å²) in [6, 6.07) is 9.71. The first-order valence-corrected chi connectivity index (χ1v) is 8.57. The van der Waals surface area contributed by atoms with Gasteiger partial charge in [0.05, 0.1) is 5.56 Å². The summed E-state index contributed by atoms with van der Waals surface area (Å²) in [6.45, 7) is 4.55. The van der Waals surface area contributed by atoms with E-state index in [1.54, 1.807) is 24.3 Å². The highest BCUT2D eigenvalue weighted by atomic mass is 35.5. The molecule has 1 N–H and O–H groups in total. The fraction of sp³-hybridized carbons (Fsp3) is 0.462. The molecule has 0 aliphatic rings. The maximum atomic E-state index is 10.4. The summed E-state index contributed by atoms with van der Waals surface area (Å²) in [5.41, 5.74) is 1.38. The molecule has 0 aromatic heterocycles. The minimum atomic E-state index is -0.896. The molecule has 0 spiro atoms. The average molecular weight is 273 g/mol. The molecule has 4 heteroatoms. The van der Waals surface area contributed by atoms with Crippen molar-refractivity contribution in [3.8, 4) is 0 Å². The molecule has 1 rings (SSSR count). The molecule has 0 aliphatic heterocycles. The van der Waals surface area contributed by atoms with Gasteiger partial charge < -0.3 is 5.11 Å². The lowest BCUT2D eigenvalue weighted by atomic mass is 10.1. The SMILES string of the molecule is CC[SiH2]CC.O=C(O)c1ccc(CCCl)cc1. The molecule has 0 fully saturated rings. The minimum Gasteiger partial charge on any atom is -0.478 e. The maximum absolute atomic E-state index is 10.4. The van der Waals surface area contributed by atoms with Gasteiger partial charge in [-0.15, -0.1) is 11.6 Å². The highest BCUT2D eigenvalue weighted by molar-refractivity contribution is 6.34. The maximum Gasteiger partial charge on any atom is 0.335 e. The first-order chi connectivity index (χ1) is 8.15. The fourth-order valence-corrected chi connectivity index (χ4v) is 2.20. The van der Waals surface area contributed by atoms with Crippen LogP contribution in [0.5, 0.6) is 0 Å². The summed E-state index contributed by atoms with van der Waals surface area (Å²) >= 11 is 5.52. The third-order valence-corrected chi connectivity index (χ3v) is 3.89. The van der Waals surface area contributed by atoms with E-state index >= 15 is 0 Å². The van der Waals surface area contributed by atoms with Crippen LogP contribution in [0.25, 0.3) is 0 Å². The molecule has 2 nitrogen and oxygen atoms in total. The Bertz CT molecular complexity index is 310. The molecule has 0 saturated carbocycles. The Hall–Kier alpha value is -0.803. The van der Waals surface area contributed by atoms with Crippen LogP contribution in [-0.4, -0.2) is 26.5 Å². The molecule has 0 saturated heterocycles. The van der Waals surface area contributed by atoms with Crippen LogP contribution in [0, 0.1) is 0 Å². The standard InChI is InChI=1S/C9H9ClO2.C4H12Si/c10-6-5-7-1-3-8(4-2-7)9(11)12;1-3-5-4-2/h1-4H,5-6H2,(H,11,12);3-5H2,1-2H3. The summed E-state index contributed by atoms with van der Waals surface area (Å²) < 4.78 is 0. The quantitative estimate of drug-likeness (QED) is 0.660. The lowest BCUT2D eigenvalue weighted by Gasteiger charge is -1.97. The highest BCUT2D eigenvalue weighted by Crippen LogP contribution is 2.05. The number of carboxylic acid groups (broad SMARTS) is 1. The third-order valence-electron chi connectivity index (χ3n) is 2.29. The van der Waals surface area contributed by atoms with Crippen LogP contribution in [0.1, 0.15) is 29.8 Å². The molecule has 0 amide bonds. The molecule has 0 unspecified atom stereocenters. The van der Waals surface area contributed by atoms with Crippen molar-refractivity contribution < 1.29 is 9.90 Å². The van der Waals surface area contributed by atoms with Gasteiger partial charge in [0, 0.05) is 15.4 Å². The Morgan fingerprint density at radius 1 is 1.24 bits per heavy atom. The molecular weight excluding hydrogens is 252 g/mol. The molecule has 17 heavy (non-hydrogen) atoms. The van der Waals surface area contributed by atoms with E-state index in [1.807, 2.05) is 0 Å². The van der Waals surface area contributed by atoms with Crippen molar-refractivity contribution >= 4 is 27.1 Å². The van der Waals surface area contributed by atoms with Crippen LogP contribution in [0.15, 0.2) is 24.3 Å². The van der Waals surface area contributed by atoms with Gasteiger partial charge in [0.2, 0.25) is 0 Å². The van der Waals surface area contributed by atoms with Gasteiger partial charge in [-0.3, -0.25) is 0 Å². The zero-order chi connectivity index (χ0) is 13.1. The molecule has 1 aromatic carbocycles. The number of carbonyl (C=O) groups is 1. The number of hydrogen-bond acceptors (Lipinski definition) is 1. The number of aryl methyl sites for hydroxylation is 1. The van der Waals surface area contributed by atoms with Gasteiger partial charge in [0.1, 0.15) is 0 Å². The predicted molar refractivity (Wildman–Crippen MR) is 77.3 cm³/mol. The van der Waals surface area contributed by atoms with Crippen LogP contribution in [0.3, 0.4) is 0 Å². The van der Waals surface area contributed by atoms with E-state index < -0.39 is 5.97 Å². The summed E-state index contributed by atoms with van der Waals surface area (Å²) in [5.74, 6) is -0.334. The average Bonchev–Trinajstić information content (AvgIpc) is 2.32. The Labute approximate surface area is 111 Å². The molecule has 0 aliphatic carbocycles. The second-order valence-electron chi connectivity index (χ2n) is 3.79. The first kappa shape index (κ1) is 16.2. The predicted octanol–water partition coefficient (Wildman–Crippen LogP) is 3.20. The molecule has 0 radical (unpaired) electrons. The Balaban J connectivity index is 0.000000437. The lowest BCUT2D eigenvalue weighted by Crippen LogP contribution is -1.96. The van der Waals surface area contributed by atoms with Crippen LogP contribution in [0.4, 0.5) is 0 Å². The normalized spacial score (nSPS) is 9.35. The van der Waals surface area contributed by atoms with E-state index in [0.717, 1.165) is 12.0 Å². The summed E-state index contributed by atoms with van der Waals surface area (Å²) in [7, 11) is 0.432. The number of rotatable bonds is 5. The van der Waals surface area contributed by atoms with Gasteiger partial charge in [0.25, 0.3) is 0 Å². The van der Waals surface area contributed by atoms with E-state index in [-0.39, 0.29) is 0 Å². The van der Waals surface area contributed by atoms with Gasteiger partial charge in [-0.1, -0.05) is 38.1 Å². The van der Waals surface area contributed by atoms with E-state index in [2.05, 4.69) is 13.8 Å². The highest BCUT2D eigenvalue weighted by Gasteiger charge is 2.00. The van der Waals surface area contributed by atoms with Gasteiger partial charge in [0.15, 0.2) is 0 Å². The van der Waals surface area contributed by atoms with Crippen molar-refractivity contribution in [2.75, 3.05) is 5.88 Å². The van der Waals surface area contributed by atoms with Crippen molar-refractivity contribution in [1.29, 1.82) is 0 Å². The van der Waals surface area contributed by atoms with Gasteiger partial charge in [-0.05, 0) is 24.1 Å². The second kappa shape index (κ2) is 10.4. The number of aromatic carboxylic acids is 1. The van der Waals surface area contributed by atoms with Crippen LogP contribution >= 0.6 is 11.6 Å². The lowest BCUT2D eigenvalue weighted by molar-refractivity contribution is 0.0697. The second-order valence-corrected chi connectivity index (χ2v) is 6.88. The number of hydrogen-bond donors (Lipinski definition) is 1. The van der Waals surface area contributed by atoms with Crippen molar-refractivity contribution in [2.24, 2.45) is 0 Å². The van der Waals surface area contributed by atoms with E-state index in [1.165, 1.54) is 12.1 Å². The minimum absolute atomic E-state index is 0.313. The molecule has 0 atom stereocenters. The molecule has 0 heterocycles. The zero-order valence-electron chi connectivity index (χ0n) is 10.6. The monoisotopic (exact) mass is 272 g/mol. The molecule has 96 valence electrons. The van der Waals surface area contributed by atoms with Gasteiger partial charge in [-0.25, -0.2) is 4.79 Å². The number of benzene rings is 1. The van der Waals surface area contributed by atoms with Gasteiger partial charge >= 0.3 is 5.97 Å². The van der Waals surface area contributed by atoms with Crippen molar-refractivity contribution in [2.45, 2.75) is 32.4 Å². The largest absolute Gasteiger partial charge is 0.478 e. The van der Waals surface area contributed by atoms with Crippen molar-refractivity contribution in [3.05, 3.63) is 35.4 Å². The smallest absolute Gasteiger partial charge is 0.335 e. The fourth-order valence-electron chi connectivity index (χ4n) is 1.28. The Morgan fingerprint density at radius 2 is 1.76 bits per heavy atom. The van der Waals surface area contributed by atoms with E-state index in [0.29, 0.717) is 21.0 Å². The van der Waals surface area contributed by atoms with Crippen LogP contribution in [0.2, 0.25) is 12.1 Å². The van der Waals surface area contributed by atoms with Crippen LogP contribution in [-0.2, 0) is 6.42 Å². The van der Waals surface area contributed by atoms with Crippen molar-refractivity contribution in [1.82, 2.24) is 0 Å².